The van der Waals surface area contributed by atoms with E-state index in [1.54, 1.807) is 12.1 Å². The van der Waals surface area contributed by atoms with E-state index in [0.717, 1.165) is 12.1 Å². The summed E-state index contributed by atoms with van der Waals surface area (Å²) in [5.41, 5.74) is 0.717. The van der Waals surface area contributed by atoms with Crippen LogP contribution in [-0.2, 0) is 14.8 Å². The number of para-hydroxylation sites is 1. The van der Waals surface area contributed by atoms with Crippen LogP contribution in [0.15, 0.2) is 47.6 Å². The number of carboxylic acids is 1. The van der Waals surface area contributed by atoms with E-state index in [4.69, 9.17) is 5.11 Å². The van der Waals surface area contributed by atoms with Crippen LogP contribution in [0.3, 0.4) is 0 Å². The predicted octanol–water partition coefficient (Wildman–Crippen LogP) is 1.79. The van der Waals surface area contributed by atoms with Gasteiger partial charge >= 0.3 is 5.97 Å². The lowest BCUT2D eigenvalue weighted by Gasteiger charge is -2.13. The molecule has 1 unspecified atom stereocenters. The first-order valence-electron chi connectivity index (χ1n) is 7.29. The molecule has 0 fully saturated rings. The molecular formula is C15H19N3O4S. The number of carbonyl (C=O) groups is 1. The highest BCUT2D eigenvalue weighted by molar-refractivity contribution is 7.89. The third-order valence-corrected chi connectivity index (χ3v) is 4.76. The van der Waals surface area contributed by atoms with Gasteiger partial charge in [0.2, 0.25) is 10.0 Å². The van der Waals surface area contributed by atoms with Crippen LogP contribution in [-0.4, -0.2) is 35.3 Å². The van der Waals surface area contributed by atoms with Crippen molar-refractivity contribution in [2.75, 3.05) is 0 Å². The monoisotopic (exact) mass is 337 g/mol. The second-order valence-corrected chi connectivity index (χ2v) is 6.82. The first kappa shape index (κ1) is 17.2. The SMILES string of the molecule is CCCCC(NS(=O)(=O)c1cnn(-c2ccccc2)c1)C(=O)O. The molecule has 2 rings (SSSR count). The van der Waals surface area contributed by atoms with Crippen molar-refractivity contribution >= 4 is 16.0 Å². The second kappa shape index (κ2) is 7.38. The maximum atomic E-state index is 12.3. The molecule has 2 N–H and O–H groups in total. The summed E-state index contributed by atoms with van der Waals surface area (Å²) >= 11 is 0. The molecule has 1 heterocycles. The van der Waals surface area contributed by atoms with Crippen molar-refractivity contribution in [2.24, 2.45) is 0 Å². The molecule has 0 bridgehead atoms. The number of aliphatic carboxylic acids is 1. The number of nitrogens with zero attached hydrogens (tertiary/aromatic N) is 2. The average molecular weight is 337 g/mol. The van der Waals surface area contributed by atoms with Gasteiger partial charge in [-0.05, 0) is 18.6 Å². The molecule has 2 aromatic rings. The summed E-state index contributed by atoms with van der Waals surface area (Å²) < 4.78 is 28.3. The summed E-state index contributed by atoms with van der Waals surface area (Å²) in [6.45, 7) is 1.91. The van der Waals surface area contributed by atoms with Crippen LogP contribution in [0.25, 0.3) is 5.69 Å². The maximum Gasteiger partial charge on any atom is 0.321 e. The number of benzene rings is 1. The standard InChI is InChI=1S/C15H19N3O4S/c1-2-3-9-14(15(19)20)17-23(21,22)13-10-16-18(11-13)12-7-5-4-6-8-12/h4-8,10-11,14,17H,2-3,9H2,1H3,(H,19,20). The fourth-order valence-corrected chi connectivity index (χ4v) is 3.22. The van der Waals surface area contributed by atoms with E-state index in [2.05, 4.69) is 9.82 Å². The summed E-state index contributed by atoms with van der Waals surface area (Å²) in [4.78, 5) is 11.1. The highest BCUT2D eigenvalue weighted by Gasteiger charge is 2.26. The van der Waals surface area contributed by atoms with E-state index in [9.17, 15) is 13.2 Å². The van der Waals surface area contributed by atoms with Gasteiger partial charge in [0.05, 0.1) is 18.1 Å². The van der Waals surface area contributed by atoms with Gasteiger partial charge in [-0.1, -0.05) is 38.0 Å². The van der Waals surface area contributed by atoms with Gasteiger partial charge in [-0.2, -0.15) is 9.82 Å². The van der Waals surface area contributed by atoms with Gasteiger partial charge in [-0.3, -0.25) is 4.79 Å². The molecule has 0 aliphatic carbocycles. The largest absolute Gasteiger partial charge is 0.480 e. The summed E-state index contributed by atoms with van der Waals surface area (Å²) in [6.07, 6.45) is 4.22. The third-order valence-electron chi connectivity index (χ3n) is 3.33. The molecule has 0 radical (unpaired) electrons. The summed E-state index contributed by atoms with van der Waals surface area (Å²) in [5.74, 6) is -1.18. The zero-order valence-corrected chi connectivity index (χ0v) is 13.5. The van der Waals surface area contributed by atoms with E-state index in [1.807, 2.05) is 25.1 Å². The van der Waals surface area contributed by atoms with Crippen LogP contribution in [0.5, 0.6) is 0 Å². The molecule has 124 valence electrons. The van der Waals surface area contributed by atoms with E-state index < -0.39 is 22.0 Å². The molecule has 1 atom stereocenters. The smallest absolute Gasteiger partial charge is 0.321 e. The highest BCUT2D eigenvalue weighted by Crippen LogP contribution is 2.13. The Balaban J connectivity index is 2.19. The Hall–Kier alpha value is -2.19. The molecule has 0 saturated carbocycles. The number of sulfonamides is 1. The summed E-state index contributed by atoms with van der Waals surface area (Å²) in [7, 11) is -3.94. The molecule has 23 heavy (non-hydrogen) atoms. The predicted molar refractivity (Wildman–Crippen MR) is 84.8 cm³/mol. The first-order valence-corrected chi connectivity index (χ1v) is 8.77. The van der Waals surface area contributed by atoms with Crippen LogP contribution in [0.4, 0.5) is 0 Å². The van der Waals surface area contributed by atoms with Crippen LogP contribution in [0, 0.1) is 0 Å². The number of rotatable bonds is 8. The Kier molecular flexibility index (Phi) is 5.51. The fraction of sp³-hybridized carbons (Fsp3) is 0.333. The molecule has 1 aromatic carbocycles. The van der Waals surface area contributed by atoms with E-state index in [0.29, 0.717) is 6.42 Å². The van der Waals surface area contributed by atoms with Gasteiger partial charge in [0.1, 0.15) is 10.9 Å². The summed E-state index contributed by atoms with van der Waals surface area (Å²) in [6, 6.07) is 7.91. The van der Waals surface area contributed by atoms with Crippen molar-refractivity contribution in [3.63, 3.8) is 0 Å². The van der Waals surface area contributed by atoms with Gasteiger partial charge in [-0.15, -0.1) is 0 Å². The Bertz CT molecular complexity index is 756. The molecule has 0 spiro atoms. The number of aromatic nitrogens is 2. The molecule has 0 amide bonds. The average Bonchev–Trinajstić information content (AvgIpc) is 3.03. The molecule has 0 aliphatic heterocycles. The number of hydrogen-bond acceptors (Lipinski definition) is 4. The Morgan fingerprint density at radius 3 is 2.65 bits per heavy atom. The van der Waals surface area contributed by atoms with Crippen molar-refractivity contribution < 1.29 is 18.3 Å². The Morgan fingerprint density at radius 2 is 2.04 bits per heavy atom. The summed E-state index contributed by atoms with van der Waals surface area (Å²) in [5, 5.41) is 13.2. The van der Waals surface area contributed by atoms with Crippen LogP contribution in [0.2, 0.25) is 0 Å². The van der Waals surface area contributed by atoms with Crippen molar-refractivity contribution in [1.29, 1.82) is 0 Å². The molecule has 1 aromatic heterocycles. The van der Waals surface area contributed by atoms with Crippen LogP contribution < -0.4 is 4.72 Å². The molecule has 7 nitrogen and oxygen atoms in total. The van der Waals surface area contributed by atoms with Crippen molar-refractivity contribution in [2.45, 2.75) is 37.1 Å². The van der Waals surface area contributed by atoms with Crippen molar-refractivity contribution in [3.8, 4) is 5.69 Å². The zero-order chi connectivity index (χ0) is 16.9. The van der Waals surface area contributed by atoms with Crippen LogP contribution in [0.1, 0.15) is 26.2 Å². The van der Waals surface area contributed by atoms with E-state index in [1.165, 1.54) is 17.1 Å². The van der Waals surface area contributed by atoms with E-state index in [-0.39, 0.29) is 11.3 Å². The minimum atomic E-state index is -3.94. The van der Waals surface area contributed by atoms with Crippen molar-refractivity contribution in [1.82, 2.24) is 14.5 Å². The molecule has 8 heteroatoms. The minimum absolute atomic E-state index is 0.0656. The molecular weight excluding hydrogens is 318 g/mol. The van der Waals surface area contributed by atoms with Gasteiger partial charge < -0.3 is 5.11 Å². The highest BCUT2D eigenvalue weighted by atomic mass is 32.2. The topological polar surface area (TPSA) is 101 Å². The van der Waals surface area contributed by atoms with Gasteiger partial charge in [0.15, 0.2) is 0 Å². The number of nitrogens with one attached hydrogen (secondary N) is 1. The quantitative estimate of drug-likeness (QED) is 0.765. The maximum absolute atomic E-state index is 12.3. The zero-order valence-electron chi connectivity index (χ0n) is 12.7. The normalized spacial score (nSPS) is 12.9. The molecule has 0 saturated heterocycles. The van der Waals surface area contributed by atoms with E-state index >= 15 is 0 Å². The fourth-order valence-electron chi connectivity index (χ4n) is 2.06. The van der Waals surface area contributed by atoms with Gasteiger partial charge in [-0.25, -0.2) is 13.1 Å². The van der Waals surface area contributed by atoms with Gasteiger partial charge in [0, 0.05) is 0 Å². The number of hydrogen-bond donors (Lipinski definition) is 2. The number of carboxylic acid groups (broad SMARTS) is 1. The van der Waals surface area contributed by atoms with Gasteiger partial charge in [0.25, 0.3) is 0 Å². The first-order chi connectivity index (χ1) is 10.9. The Morgan fingerprint density at radius 1 is 1.35 bits per heavy atom. The Labute approximate surface area is 135 Å². The third kappa shape index (κ3) is 4.40. The number of unbranched alkanes of at least 4 members (excludes halogenated alkanes) is 1. The molecule has 0 aliphatic rings. The lowest BCUT2D eigenvalue weighted by Crippen LogP contribution is -2.40. The lowest BCUT2D eigenvalue weighted by molar-refractivity contribution is -0.139. The van der Waals surface area contributed by atoms with Crippen LogP contribution >= 0.6 is 0 Å². The lowest BCUT2D eigenvalue weighted by atomic mass is 10.1. The second-order valence-electron chi connectivity index (χ2n) is 5.11. The minimum Gasteiger partial charge on any atom is -0.480 e. The van der Waals surface area contributed by atoms with Crippen molar-refractivity contribution in [3.05, 3.63) is 42.7 Å².